The first-order chi connectivity index (χ1) is 10.1. The van der Waals surface area contributed by atoms with E-state index in [1.807, 2.05) is 0 Å². The number of carbonyl (C=O) groups excluding carboxylic acids is 3. The second-order valence-corrected chi connectivity index (χ2v) is 4.31. The van der Waals surface area contributed by atoms with Crippen molar-refractivity contribution < 1.29 is 32.3 Å². The van der Waals surface area contributed by atoms with Crippen LogP contribution in [0.15, 0.2) is 24.3 Å². The lowest BCUT2D eigenvalue weighted by molar-refractivity contribution is -0.174. The minimum absolute atomic E-state index is 0.172. The third-order valence-electron chi connectivity index (χ3n) is 2.70. The lowest BCUT2D eigenvalue weighted by Gasteiger charge is -2.19. The van der Waals surface area contributed by atoms with Gasteiger partial charge in [0.25, 0.3) is 0 Å². The molecule has 120 valence electrons. The third-order valence-corrected chi connectivity index (χ3v) is 2.70. The van der Waals surface area contributed by atoms with Crippen molar-refractivity contribution in [2.24, 2.45) is 5.73 Å². The summed E-state index contributed by atoms with van der Waals surface area (Å²) in [6, 6.07) is 3.95. The second-order valence-electron chi connectivity index (χ2n) is 4.31. The predicted molar refractivity (Wildman–Crippen MR) is 68.5 cm³/mol. The van der Waals surface area contributed by atoms with Crippen LogP contribution in [0.1, 0.15) is 28.4 Å². The number of nitrogens with two attached hydrogens (primary N) is 1. The van der Waals surface area contributed by atoms with Crippen LogP contribution in [0.25, 0.3) is 0 Å². The molecule has 0 fully saturated rings. The minimum atomic E-state index is -5.08. The number of nitrogens with one attached hydrogen (secondary N) is 1. The predicted octanol–water partition coefficient (Wildman–Crippen LogP) is 1.07. The molecule has 0 saturated heterocycles. The minimum Gasteiger partial charge on any atom is -0.465 e. The van der Waals surface area contributed by atoms with Crippen LogP contribution < -0.4 is 11.1 Å². The normalized spacial score (nSPS) is 12.4. The van der Waals surface area contributed by atoms with E-state index in [2.05, 4.69) is 4.74 Å². The fourth-order valence-corrected chi connectivity index (χ4v) is 1.66. The number of amides is 2. The largest absolute Gasteiger partial charge is 0.471 e. The molecule has 9 heteroatoms. The van der Waals surface area contributed by atoms with Gasteiger partial charge >= 0.3 is 18.1 Å². The number of alkyl halides is 3. The van der Waals surface area contributed by atoms with Crippen molar-refractivity contribution in [3.8, 4) is 0 Å². The third kappa shape index (κ3) is 4.76. The summed E-state index contributed by atoms with van der Waals surface area (Å²) < 4.78 is 41.3. The number of rotatable bonds is 5. The fourth-order valence-electron chi connectivity index (χ4n) is 1.66. The van der Waals surface area contributed by atoms with Gasteiger partial charge in [0.2, 0.25) is 5.91 Å². The van der Waals surface area contributed by atoms with Gasteiger partial charge in [-0.05, 0) is 17.7 Å². The summed E-state index contributed by atoms with van der Waals surface area (Å²) in [5, 5.41) is 1.69. The standard InChI is InChI=1S/C13H13F3N2O4/c1-22-11(20)8-4-2-7(3-5-8)9(6-10(17)19)18-12(21)13(14,15)16/h2-5,9H,6H2,1H3,(H2,17,19)(H,18,21). The molecule has 2 amide bonds. The molecule has 1 aromatic carbocycles. The fraction of sp³-hybridized carbons (Fsp3) is 0.308. The first kappa shape index (κ1) is 17.5. The Morgan fingerprint density at radius 3 is 2.18 bits per heavy atom. The highest BCUT2D eigenvalue weighted by molar-refractivity contribution is 5.89. The molecule has 0 aromatic heterocycles. The van der Waals surface area contributed by atoms with Gasteiger partial charge in [-0.25, -0.2) is 4.79 Å². The van der Waals surface area contributed by atoms with Crippen molar-refractivity contribution in [2.45, 2.75) is 18.6 Å². The zero-order chi connectivity index (χ0) is 16.9. The molecule has 0 heterocycles. The molecule has 22 heavy (non-hydrogen) atoms. The first-order valence-corrected chi connectivity index (χ1v) is 5.99. The summed E-state index contributed by atoms with van der Waals surface area (Å²) in [7, 11) is 1.18. The summed E-state index contributed by atoms with van der Waals surface area (Å²) in [4.78, 5) is 33.2. The Morgan fingerprint density at radius 1 is 1.23 bits per heavy atom. The van der Waals surface area contributed by atoms with E-state index in [4.69, 9.17) is 5.73 Å². The molecule has 0 aliphatic heterocycles. The Morgan fingerprint density at radius 2 is 1.77 bits per heavy atom. The van der Waals surface area contributed by atoms with E-state index >= 15 is 0 Å². The van der Waals surface area contributed by atoms with Gasteiger partial charge in [0, 0.05) is 0 Å². The average Bonchev–Trinajstić information content (AvgIpc) is 2.44. The molecule has 1 rings (SSSR count). The Bertz CT molecular complexity index is 570. The summed E-state index contributed by atoms with van der Waals surface area (Å²) >= 11 is 0. The lowest BCUT2D eigenvalue weighted by Crippen LogP contribution is -2.40. The molecule has 3 N–H and O–H groups in total. The van der Waals surface area contributed by atoms with Gasteiger partial charge in [-0.3, -0.25) is 9.59 Å². The number of benzene rings is 1. The van der Waals surface area contributed by atoms with Crippen LogP contribution in [0.4, 0.5) is 13.2 Å². The summed E-state index contributed by atoms with van der Waals surface area (Å²) in [6.45, 7) is 0. The second kappa shape index (κ2) is 6.92. The van der Waals surface area contributed by atoms with Crippen molar-refractivity contribution in [1.82, 2.24) is 5.32 Å². The number of halogens is 3. The SMILES string of the molecule is COC(=O)c1ccc(C(CC(N)=O)NC(=O)C(F)(F)F)cc1. The quantitative estimate of drug-likeness (QED) is 0.793. The van der Waals surface area contributed by atoms with E-state index in [0.29, 0.717) is 0 Å². The summed E-state index contributed by atoms with van der Waals surface area (Å²) in [5.74, 6) is -3.70. The van der Waals surface area contributed by atoms with E-state index in [9.17, 15) is 27.6 Å². The van der Waals surface area contributed by atoms with Crippen LogP contribution in [0.5, 0.6) is 0 Å². The van der Waals surface area contributed by atoms with Crippen molar-refractivity contribution in [3.05, 3.63) is 35.4 Å². The van der Waals surface area contributed by atoms with Gasteiger partial charge in [-0.15, -0.1) is 0 Å². The van der Waals surface area contributed by atoms with Gasteiger partial charge in [0.15, 0.2) is 0 Å². The van der Waals surface area contributed by atoms with E-state index in [1.165, 1.54) is 31.4 Å². The average molecular weight is 318 g/mol. The van der Waals surface area contributed by atoms with Crippen molar-refractivity contribution in [2.75, 3.05) is 7.11 Å². The number of carbonyl (C=O) groups is 3. The molecular formula is C13H13F3N2O4. The maximum Gasteiger partial charge on any atom is 0.471 e. The first-order valence-electron chi connectivity index (χ1n) is 5.99. The van der Waals surface area contributed by atoms with Gasteiger partial charge < -0.3 is 15.8 Å². The Balaban J connectivity index is 2.99. The van der Waals surface area contributed by atoms with Gasteiger partial charge in [0.1, 0.15) is 0 Å². The number of hydrogen-bond donors (Lipinski definition) is 2. The van der Waals surface area contributed by atoms with Gasteiger partial charge in [0.05, 0.1) is 25.1 Å². The molecule has 0 spiro atoms. The maximum atomic E-state index is 12.3. The van der Waals surface area contributed by atoms with E-state index < -0.39 is 36.4 Å². The Kier molecular flexibility index (Phi) is 5.50. The van der Waals surface area contributed by atoms with E-state index in [0.717, 1.165) is 0 Å². The van der Waals surface area contributed by atoms with Crippen molar-refractivity contribution >= 4 is 17.8 Å². The zero-order valence-electron chi connectivity index (χ0n) is 11.4. The van der Waals surface area contributed by atoms with E-state index in [1.54, 1.807) is 5.32 Å². The van der Waals surface area contributed by atoms with Crippen molar-refractivity contribution in [3.63, 3.8) is 0 Å². The van der Waals surface area contributed by atoms with Crippen molar-refractivity contribution in [1.29, 1.82) is 0 Å². The molecule has 0 bridgehead atoms. The Labute approximate surface area is 123 Å². The van der Waals surface area contributed by atoms with E-state index in [-0.39, 0.29) is 11.1 Å². The summed E-state index contributed by atoms with van der Waals surface area (Å²) in [5.41, 5.74) is 5.34. The number of ether oxygens (including phenoxy) is 1. The zero-order valence-corrected chi connectivity index (χ0v) is 11.4. The topological polar surface area (TPSA) is 98.5 Å². The number of primary amides is 1. The van der Waals surface area contributed by atoms with Gasteiger partial charge in [-0.2, -0.15) is 13.2 Å². The molecule has 1 atom stereocenters. The van der Waals surface area contributed by atoms with Crippen LogP contribution in [0.2, 0.25) is 0 Å². The number of hydrogen-bond acceptors (Lipinski definition) is 4. The molecule has 0 aliphatic rings. The highest BCUT2D eigenvalue weighted by atomic mass is 19.4. The van der Waals surface area contributed by atoms with Crippen LogP contribution in [0, 0.1) is 0 Å². The number of esters is 1. The highest BCUT2D eigenvalue weighted by Crippen LogP contribution is 2.21. The monoisotopic (exact) mass is 318 g/mol. The smallest absolute Gasteiger partial charge is 0.465 e. The summed E-state index contributed by atoms with van der Waals surface area (Å²) in [6.07, 6.45) is -5.60. The van der Waals surface area contributed by atoms with Crippen LogP contribution in [-0.2, 0) is 14.3 Å². The molecule has 0 aliphatic carbocycles. The van der Waals surface area contributed by atoms with Crippen LogP contribution in [-0.4, -0.2) is 31.1 Å². The van der Waals surface area contributed by atoms with Crippen LogP contribution >= 0.6 is 0 Å². The van der Waals surface area contributed by atoms with Crippen LogP contribution in [0.3, 0.4) is 0 Å². The van der Waals surface area contributed by atoms with Gasteiger partial charge in [-0.1, -0.05) is 12.1 Å². The molecule has 1 aromatic rings. The highest BCUT2D eigenvalue weighted by Gasteiger charge is 2.40. The molecular weight excluding hydrogens is 305 g/mol. The lowest BCUT2D eigenvalue weighted by atomic mass is 10.0. The maximum absolute atomic E-state index is 12.3. The Hall–Kier alpha value is -2.58. The molecule has 0 saturated carbocycles. The molecule has 1 unspecified atom stereocenters. The molecule has 6 nitrogen and oxygen atoms in total. The molecule has 0 radical (unpaired) electrons. The number of methoxy groups -OCH3 is 1.